The number of rotatable bonds is 4. The molecule has 0 bridgehead atoms. The van der Waals surface area contributed by atoms with Gasteiger partial charge >= 0.3 is 5.97 Å². The zero-order valence-electron chi connectivity index (χ0n) is 7.83. The normalized spacial score (nSPS) is 12.1. The van der Waals surface area contributed by atoms with E-state index in [0.717, 1.165) is 10.2 Å². The van der Waals surface area contributed by atoms with Gasteiger partial charge in [-0.3, -0.25) is 0 Å². The van der Waals surface area contributed by atoms with Crippen LogP contribution in [0.4, 0.5) is 5.69 Å². The molecule has 1 rings (SSSR count). The number of carbonyl (C=O) groups is 1. The quantitative estimate of drug-likeness (QED) is 0.872. The Kier molecular flexibility index (Phi) is 3.95. The van der Waals surface area contributed by atoms with Crippen molar-refractivity contribution in [2.45, 2.75) is 19.4 Å². The maximum absolute atomic E-state index is 10.7. The van der Waals surface area contributed by atoms with Gasteiger partial charge in [0.15, 0.2) is 0 Å². The number of aliphatic carboxylic acids is 1. The van der Waals surface area contributed by atoms with Crippen LogP contribution in [0.1, 0.15) is 13.3 Å². The summed E-state index contributed by atoms with van der Waals surface area (Å²) < 4.78 is 0.978. The van der Waals surface area contributed by atoms with E-state index < -0.39 is 12.0 Å². The van der Waals surface area contributed by atoms with Crippen molar-refractivity contribution in [3.05, 3.63) is 28.7 Å². The number of nitrogens with one attached hydrogen (secondary N) is 1. The van der Waals surface area contributed by atoms with Crippen molar-refractivity contribution in [3.8, 4) is 0 Å². The van der Waals surface area contributed by atoms with Gasteiger partial charge in [-0.25, -0.2) is 4.79 Å². The van der Waals surface area contributed by atoms with Crippen LogP contribution in [0, 0.1) is 0 Å². The molecular weight excluding hydrogens is 246 g/mol. The fourth-order valence-corrected chi connectivity index (χ4v) is 1.35. The van der Waals surface area contributed by atoms with Crippen LogP contribution >= 0.6 is 15.9 Å². The Morgan fingerprint density at radius 3 is 2.50 bits per heavy atom. The Morgan fingerprint density at radius 2 is 2.07 bits per heavy atom. The first kappa shape index (κ1) is 11.0. The molecule has 0 saturated heterocycles. The van der Waals surface area contributed by atoms with Crippen LogP contribution in [0.25, 0.3) is 0 Å². The fraction of sp³-hybridized carbons (Fsp3) is 0.300. The van der Waals surface area contributed by atoms with E-state index in [1.54, 1.807) is 0 Å². The second kappa shape index (κ2) is 5.00. The summed E-state index contributed by atoms with van der Waals surface area (Å²) in [5, 5.41) is 11.8. The molecule has 1 atom stereocenters. The molecule has 0 aliphatic heterocycles. The average Bonchev–Trinajstić information content (AvgIpc) is 2.16. The number of halogens is 1. The summed E-state index contributed by atoms with van der Waals surface area (Å²) in [6.07, 6.45) is 0.561. The van der Waals surface area contributed by atoms with Crippen molar-refractivity contribution in [3.63, 3.8) is 0 Å². The van der Waals surface area contributed by atoms with E-state index in [9.17, 15) is 4.79 Å². The zero-order valence-corrected chi connectivity index (χ0v) is 9.41. The third-order valence-corrected chi connectivity index (χ3v) is 2.42. The maximum atomic E-state index is 10.7. The topological polar surface area (TPSA) is 49.3 Å². The first-order chi connectivity index (χ1) is 6.63. The smallest absolute Gasteiger partial charge is 0.326 e. The van der Waals surface area contributed by atoms with Crippen molar-refractivity contribution in [1.82, 2.24) is 0 Å². The number of hydrogen-bond donors (Lipinski definition) is 2. The third-order valence-electron chi connectivity index (χ3n) is 1.89. The van der Waals surface area contributed by atoms with E-state index in [2.05, 4.69) is 21.2 Å². The van der Waals surface area contributed by atoms with E-state index in [1.807, 2.05) is 31.2 Å². The van der Waals surface area contributed by atoms with E-state index in [1.165, 1.54) is 0 Å². The molecule has 1 aromatic rings. The summed E-state index contributed by atoms with van der Waals surface area (Å²) in [7, 11) is 0. The van der Waals surface area contributed by atoms with Gasteiger partial charge in [-0.15, -0.1) is 0 Å². The van der Waals surface area contributed by atoms with Gasteiger partial charge in [0.1, 0.15) is 6.04 Å². The van der Waals surface area contributed by atoms with Gasteiger partial charge in [0.25, 0.3) is 0 Å². The van der Waals surface area contributed by atoms with Crippen molar-refractivity contribution < 1.29 is 9.90 Å². The summed E-state index contributed by atoms with van der Waals surface area (Å²) in [5.41, 5.74) is 0.822. The van der Waals surface area contributed by atoms with Gasteiger partial charge in [-0.1, -0.05) is 22.9 Å². The first-order valence-corrected chi connectivity index (χ1v) is 5.17. The summed E-state index contributed by atoms with van der Waals surface area (Å²) in [6.45, 7) is 1.84. The van der Waals surface area contributed by atoms with Gasteiger partial charge in [-0.2, -0.15) is 0 Å². The number of anilines is 1. The summed E-state index contributed by atoms with van der Waals surface area (Å²) in [4.78, 5) is 10.7. The molecule has 0 spiro atoms. The minimum atomic E-state index is -0.824. The SMILES string of the molecule is CC[C@H](Nc1ccc(Br)cc1)C(=O)O. The first-order valence-electron chi connectivity index (χ1n) is 4.38. The zero-order chi connectivity index (χ0) is 10.6. The molecule has 0 radical (unpaired) electrons. The standard InChI is InChI=1S/C10H12BrNO2/c1-2-9(10(13)14)12-8-5-3-7(11)4-6-8/h3-6,9,12H,2H2,1H3,(H,13,14)/t9-/m0/s1. The lowest BCUT2D eigenvalue weighted by Crippen LogP contribution is -2.28. The monoisotopic (exact) mass is 257 g/mol. The molecule has 4 heteroatoms. The van der Waals surface area contributed by atoms with Crippen LogP contribution in [0.2, 0.25) is 0 Å². The Labute approximate surface area is 91.3 Å². The van der Waals surface area contributed by atoms with E-state index >= 15 is 0 Å². The maximum Gasteiger partial charge on any atom is 0.326 e. The molecule has 0 saturated carbocycles. The predicted octanol–water partition coefficient (Wildman–Crippen LogP) is 2.72. The Balaban J connectivity index is 2.67. The predicted molar refractivity (Wildman–Crippen MR) is 59.5 cm³/mol. The second-order valence-electron chi connectivity index (χ2n) is 2.95. The molecule has 0 aliphatic rings. The number of carboxylic acids is 1. The number of hydrogen-bond acceptors (Lipinski definition) is 2. The summed E-state index contributed by atoms with van der Waals surface area (Å²) >= 11 is 3.31. The van der Waals surface area contributed by atoms with Crippen LogP contribution < -0.4 is 5.32 Å². The lowest BCUT2D eigenvalue weighted by Gasteiger charge is -2.13. The molecule has 3 nitrogen and oxygen atoms in total. The van der Waals surface area contributed by atoms with Gasteiger partial charge in [0.05, 0.1) is 0 Å². The van der Waals surface area contributed by atoms with Gasteiger partial charge < -0.3 is 10.4 Å². The molecule has 0 unspecified atom stereocenters. The van der Waals surface area contributed by atoms with Crippen molar-refractivity contribution in [1.29, 1.82) is 0 Å². The van der Waals surface area contributed by atoms with Gasteiger partial charge in [0, 0.05) is 10.2 Å². The molecule has 0 heterocycles. The molecule has 0 amide bonds. The van der Waals surface area contributed by atoms with Gasteiger partial charge in [0.2, 0.25) is 0 Å². The minimum absolute atomic E-state index is 0.517. The highest BCUT2D eigenvalue weighted by molar-refractivity contribution is 9.10. The Morgan fingerprint density at radius 1 is 1.50 bits per heavy atom. The van der Waals surface area contributed by atoms with Crippen molar-refractivity contribution in [2.24, 2.45) is 0 Å². The molecule has 76 valence electrons. The molecule has 0 aliphatic carbocycles. The van der Waals surface area contributed by atoms with Crippen LogP contribution in [0.15, 0.2) is 28.7 Å². The minimum Gasteiger partial charge on any atom is -0.480 e. The second-order valence-corrected chi connectivity index (χ2v) is 3.87. The Hall–Kier alpha value is -1.03. The lowest BCUT2D eigenvalue weighted by atomic mass is 10.2. The molecule has 2 N–H and O–H groups in total. The van der Waals surface area contributed by atoms with Gasteiger partial charge in [-0.05, 0) is 30.7 Å². The summed E-state index contributed by atoms with van der Waals surface area (Å²) in [6, 6.07) is 6.91. The highest BCUT2D eigenvalue weighted by atomic mass is 79.9. The van der Waals surface area contributed by atoms with E-state index in [0.29, 0.717) is 6.42 Å². The summed E-state index contributed by atoms with van der Waals surface area (Å²) in [5.74, 6) is -0.824. The largest absolute Gasteiger partial charge is 0.480 e. The highest BCUT2D eigenvalue weighted by Crippen LogP contribution is 2.15. The van der Waals surface area contributed by atoms with E-state index in [4.69, 9.17) is 5.11 Å². The number of carboxylic acid groups (broad SMARTS) is 1. The number of benzene rings is 1. The van der Waals surface area contributed by atoms with Crippen molar-refractivity contribution in [2.75, 3.05) is 5.32 Å². The lowest BCUT2D eigenvalue weighted by molar-refractivity contribution is -0.137. The fourth-order valence-electron chi connectivity index (χ4n) is 1.09. The highest BCUT2D eigenvalue weighted by Gasteiger charge is 2.13. The van der Waals surface area contributed by atoms with E-state index in [-0.39, 0.29) is 0 Å². The Bertz CT molecular complexity index is 310. The third kappa shape index (κ3) is 3.03. The average molecular weight is 258 g/mol. The van der Waals surface area contributed by atoms with Crippen LogP contribution in [0.3, 0.4) is 0 Å². The van der Waals surface area contributed by atoms with Crippen LogP contribution in [-0.2, 0) is 4.79 Å². The van der Waals surface area contributed by atoms with Crippen molar-refractivity contribution >= 4 is 27.6 Å². The van der Waals surface area contributed by atoms with Crippen LogP contribution in [-0.4, -0.2) is 17.1 Å². The molecule has 0 aromatic heterocycles. The molecule has 1 aromatic carbocycles. The van der Waals surface area contributed by atoms with Crippen LogP contribution in [0.5, 0.6) is 0 Å². The molecule has 0 fully saturated rings. The molecule has 14 heavy (non-hydrogen) atoms. The molecular formula is C10H12BrNO2.